The van der Waals surface area contributed by atoms with E-state index in [1.807, 2.05) is 0 Å². The number of hydrogen-bond donors (Lipinski definition) is 0. The molecule has 74 heavy (non-hydrogen) atoms. The second-order valence-electron chi connectivity index (χ2n) is 22.4. The van der Waals surface area contributed by atoms with Crippen LogP contribution in [0, 0.1) is 0 Å². The molecule has 0 spiro atoms. The zero-order valence-electron chi connectivity index (χ0n) is 49.9. The summed E-state index contributed by atoms with van der Waals surface area (Å²) in [6.45, 7) is 6.69. The zero-order valence-corrected chi connectivity index (χ0v) is 49.9. The molecule has 0 aromatic carbocycles. The smallest absolute Gasteiger partial charge is 0.306 e. The highest BCUT2D eigenvalue weighted by Gasteiger charge is 2.19. The Balaban J connectivity index is 4.32. The molecule has 0 aliphatic heterocycles. The van der Waals surface area contributed by atoms with Gasteiger partial charge in [-0.1, -0.05) is 320 Å². The minimum Gasteiger partial charge on any atom is -0.462 e. The van der Waals surface area contributed by atoms with Crippen molar-refractivity contribution in [1.29, 1.82) is 0 Å². The first-order valence-electron chi connectivity index (χ1n) is 33.0. The van der Waals surface area contributed by atoms with Gasteiger partial charge in [-0.25, -0.2) is 0 Å². The summed E-state index contributed by atoms with van der Waals surface area (Å²) in [5.41, 5.74) is 0. The predicted octanol–water partition coefficient (Wildman–Crippen LogP) is 22.4. The maximum Gasteiger partial charge on any atom is 0.306 e. The molecule has 1 atom stereocenters. The topological polar surface area (TPSA) is 78.9 Å². The molecule has 0 aliphatic rings. The number of ether oxygens (including phenoxy) is 3. The molecule has 0 radical (unpaired) electrons. The van der Waals surface area contributed by atoms with Crippen LogP contribution in [-0.2, 0) is 28.6 Å². The van der Waals surface area contributed by atoms with Gasteiger partial charge in [-0.3, -0.25) is 14.4 Å². The molecule has 0 fully saturated rings. The van der Waals surface area contributed by atoms with Crippen molar-refractivity contribution in [2.24, 2.45) is 0 Å². The second-order valence-corrected chi connectivity index (χ2v) is 22.4. The summed E-state index contributed by atoms with van der Waals surface area (Å²) in [5.74, 6) is -0.857. The molecule has 0 heterocycles. The quantitative estimate of drug-likeness (QED) is 0.0261. The van der Waals surface area contributed by atoms with E-state index >= 15 is 0 Å². The molecule has 1 unspecified atom stereocenters. The Morgan fingerprint density at radius 1 is 0.270 bits per heavy atom. The lowest BCUT2D eigenvalue weighted by Crippen LogP contribution is -2.30. The molecule has 0 aliphatic carbocycles. The van der Waals surface area contributed by atoms with Crippen LogP contribution in [0.25, 0.3) is 0 Å². The van der Waals surface area contributed by atoms with Crippen molar-refractivity contribution in [1.82, 2.24) is 0 Å². The van der Waals surface area contributed by atoms with Crippen LogP contribution in [0.2, 0.25) is 0 Å². The van der Waals surface area contributed by atoms with Crippen molar-refractivity contribution in [3.8, 4) is 0 Å². The van der Waals surface area contributed by atoms with Crippen LogP contribution in [0.3, 0.4) is 0 Å². The van der Waals surface area contributed by atoms with E-state index < -0.39 is 6.10 Å². The van der Waals surface area contributed by atoms with Crippen LogP contribution in [0.4, 0.5) is 0 Å². The molecular formula is C68H126O6. The SMILES string of the molecule is CCCCCCC/C=C\C/C=C\C/C=C\CCCCCCCCC(=O)OCC(COC(=O)CCCCCCCCCCCCCCCC)OC(=O)CCCCCCCCCCCCCCCCCCCCCCC. The Hall–Kier alpha value is -2.37. The van der Waals surface area contributed by atoms with Gasteiger partial charge in [0.25, 0.3) is 0 Å². The average Bonchev–Trinajstić information content (AvgIpc) is 3.40. The number of carbonyl (C=O) groups is 3. The lowest BCUT2D eigenvalue weighted by Gasteiger charge is -2.18. The summed E-state index contributed by atoms with van der Waals surface area (Å²) in [4.78, 5) is 38.3. The Kier molecular flexibility index (Phi) is 61.1. The molecule has 0 saturated heterocycles. The van der Waals surface area contributed by atoms with E-state index in [4.69, 9.17) is 14.2 Å². The van der Waals surface area contributed by atoms with E-state index in [1.165, 1.54) is 244 Å². The van der Waals surface area contributed by atoms with Crippen molar-refractivity contribution in [3.05, 3.63) is 36.5 Å². The second kappa shape index (κ2) is 63.2. The average molecular weight is 1040 g/mol. The number of rotatable bonds is 61. The van der Waals surface area contributed by atoms with E-state index in [-0.39, 0.29) is 31.1 Å². The van der Waals surface area contributed by atoms with E-state index in [9.17, 15) is 14.4 Å². The molecule has 6 nitrogen and oxygen atoms in total. The fourth-order valence-corrected chi connectivity index (χ4v) is 9.92. The van der Waals surface area contributed by atoms with Gasteiger partial charge < -0.3 is 14.2 Å². The Morgan fingerprint density at radius 2 is 0.486 bits per heavy atom. The van der Waals surface area contributed by atoms with Gasteiger partial charge in [-0.15, -0.1) is 0 Å². The third-order valence-corrected chi connectivity index (χ3v) is 14.9. The highest BCUT2D eigenvalue weighted by molar-refractivity contribution is 5.71. The molecule has 6 heteroatoms. The molecule has 0 aromatic rings. The molecular weight excluding hydrogens is 913 g/mol. The van der Waals surface area contributed by atoms with Crippen LogP contribution in [0.5, 0.6) is 0 Å². The summed E-state index contributed by atoms with van der Waals surface area (Å²) in [5, 5.41) is 0. The molecule has 0 rings (SSSR count). The van der Waals surface area contributed by atoms with Gasteiger partial charge in [-0.05, 0) is 57.8 Å². The van der Waals surface area contributed by atoms with Gasteiger partial charge in [0.05, 0.1) is 0 Å². The monoisotopic (exact) mass is 1040 g/mol. The first kappa shape index (κ1) is 71.6. The number of carbonyl (C=O) groups excluding carboxylic acids is 3. The maximum atomic E-state index is 12.9. The predicted molar refractivity (Wildman–Crippen MR) is 321 cm³/mol. The minimum absolute atomic E-state index is 0.0708. The largest absolute Gasteiger partial charge is 0.462 e. The minimum atomic E-state index is -0.774. The van der Waals surface area contributed by atoms with Gasteiger partial charge in [0.1, 0.15) is 13.2 Å². The van der Waals surface area contributed by atoms with Gasteiger partial charge in [0, 0.05) is 19.3 Å². The normalized spacial score (nSPS) is 12.2. The van der Waals surface area contributed by atoms with Gasteiger partial charge in [0.2, 0.25) is 0 Å². The summed E-state index contributed by atoms with van der Waals surface area (Å²) in [6, 6.07) is 0. The van der Waals surface area contributed by atoms with Gasteiger partial charge in [0.15, 0.2) is 6.10 Å². The molecule has 0 N–H and O–H groups in total. The van der Waals surface area contributed by atoms with Crippen molar-refractivity contribution >= 4 is 17.9 Å². The fraction of sp³-hybridized carbons (Fsp3) is 0.868. The Labute approximate surface area is 461 Å². The van der Waals surface area contributed by atoms with Gasteiger partial charge in [-0.2, -0.15) is 0 Å². The van der Waals surface area contributed by atoms with Crippen molar-refractivity contribution < 1.29 is 28.6 Å². The number of unbranched alkanes of at least 4 members (excludes halogenated alkanes) is 44. The van der Waals surface area contributed by atoms with Gasteiger partial charge >= 0.3 is 17.9 Å². The molecule has 0 aromatic heterocycles. The van der Waals surface area contributed by atoms with Crippen LogP contribution in [0.15, 0.2) is 36.5 Å². The molecule has 434 valence electrons. The first-order valence-corrected chi connectivity index (χ1v) is 33.0. The third-order valence-electron chi connectivity index (χ3n) is 14.9. The van der Waals surface area contributed by atoms with Crippen LogP contribution in [0.1, 0.15) is 361 Å². The zero-order chi connectivity index (χ0) is 53.6. The highest BCUT2D eigenvalue weighted by Crippen LogP contribution is 2.18. The number of allylic oxidation sites excluding steroid dienone is 6. The summed E-state index contributed by atoms with van der Waals surface area (Å²) >= 11 is 0. The van der Waals surface area contributed by atoms with E-state index in [1.54, 1.807) is 0 Å². The lowest BCUT2D eigenvalue weighted by atomic mass is 10.0. The Morgan fingerprint density at radius 3 is 0.757 bits per heavy atom. The van der Waals surface area contributed by atoms with Crippen LogP contribution < -0.4 is 0 Å². The Bertz CT molecular complexity index is 1240. The van der Waals surface area contributed by atoms with E-state index in [0.29, 0.717) is 19.3 Å². The number of hydrogen-bond acceptors (Lipinski definition) is 6. The molecule has 0 amide bonds. The number of esters is 3. The summed E-state index contributed by atoms with van der Waals surface area (Å²) < 4.78 is 17.0. The van der Waals surface area contributed by atoms with Crippen molar-refractivity contribution in [2.45, 2.75) is 367 Å². The molecule has 0 bridgehead atoms. The van der Waals surface area contributed by atoms with Crippen LogP contribution >= 0.6 is 0 Å². The lowest BCUT2D eigenvalue weighted by molar-refractivity contribution is -0.167. The van der Waals surface area contributed by atoms with Crippen LogP contribution in [-0.4, -0.2) is 37.2 Å². The molecule has 0 saturated carbocycles. The summed E-state index contributed by atoms with van der Waals surface area (Å²) in [6.07, 6.45) is 77.2. The fourth-order valence-electron chi connectivity index (χ4n) is 9.92. The third kappa shape index (κ3) is 60.5. The van der Waals surface area contributed by atoms with Crippen molar-refractivity contribution in [2.75, 3.05) is 13.2 Å². The highest BCUT2D eigenvalue weighted by atomic mass is 16.6. The van der Waals surface area contributed by atoms with Crippen molar-refractivity contribution in [3.63, 3.8) is 0 Å². The summed E-state index contributed by atoms with van der Waals surface area (Å²) in [7, 11) is 0. The maximum absolute atomic E-state index is 12.9. The van der Waals surface area contributed by atoms with E-state index in [2.05, 4.69) is 57.2 Å². The van der Waals surface area contributed by atoms with E-state index in [0.717, 1.165) is 77.0 Å². The first-order chi connectivity index (χ1) is 36.5. The standard InChI is InChI=1S/C68H126O6/c1-4-7-10-13-16-19-22-25-28-30-32-34-36-38-40-43-46-49-52-55-58-61-67(70)73-64-65(63-72-66(69)60-57-54-51-48-45-42-27-24-21-18-15-12-9-6-3)74-68(71)62-59-56-53-50-47-44-41-39-37-35-33-31-29-26-23-20-17-14-11-8-5-2/h22,25,30,32,36,38,65H,4-21,23-24,26-29,31,33-35,37,39-64H2,1-3H3/b25-22-,32-30-,38-36-.